The second-order valence-electron chi connectivity index (χ2n) is 0.757. The van der Waals surface area contributed by atoms with Gasteiger partial charge in [-0.25, -0.2) is 0 Å². The van der Waals surface area contributed by atoms with Crippen LogP contribution >= 0.6 is 0 Å². The van der Waals surface area contributed by atoms with E-state index in [1.807, 2.05) is 0 Å². The first kappa shape index (κ1) is 23.5. The van der Waals surface area contributed by atoms with Gasteiger partial charge >= 0.3 is 156 Å². The summed E-state index contributed by atoms with van der Waals surface area (Å²) in [6.45, 7) is 0. The van der Waals surface area contributed by atoms with E-state index in [1.54, 1.807) is 0 Å². The average molecular weight is 259 g/mol. The molecule has 0 aromatic heterocycles. The van der Waals surface area contributed by atoms with Crippen molar-refractivity contribution in [1.29, 1.82) is 21.0 Å². The number of rotatable bonds is 0. The second kappa shape index (κ2) is 12.7. The monoisotopic (exact) mass is 258 g/mol. The standard InChI is InChI=1S/4CN.2K.Ni.H2O/c4*1-2;;;;/h;;;;;;;1H2/q;;;;2*+1;-2;. The van der Waals surface area contributed by atoms with Gasteiger partial charge < -0.3 is 5.48 Å². The molecular formula is C4H2K2N4NiO. The quantitative estimate of drug-likeness (QED) is 0.400. The third kappa shape index (κ3) is 7.12. The fourth-order valence-electron chi connectivity index (χ4n) is 0.0949. The molecule has 0 aliphatic heterocycles. The molecule has 0 atom stereocenters. The molecule has 0 aromatic rings. The predicted molar refractivity (Wildman–Crippen MR) is 26.1 cm³/mol. The van der Waals surface area contributed by atoms with Crippen molar-refractivity contribution in [3.8, 4) is 20.2 Å². The van der Waals surface area contributed by atoms with Crippen LogP contribution in [-0.4, -0.2) is 5.48 Å². The maximum Gasteiger partial charge on any atom is 1.00 e. The summed E-state index contributed by atoms with van der Waals surface area (Å²) in [6, 6.07) is 0. The van der Waals surface area contributed by atoms with Crippen LogP contribution in [0.4, 0.5) is 0 Å². The summed E-state index contributed by atoms with van der Waals surface area (Å²) < 4.78 is 0. The van der Waals surface area contributed by atoms with E-state index in [4.69, 9.17) is 21.0 Å². The van der Waals surface area contributed by atoms with Crippen LogP contribution in [0.2, 0.25) is 0 Å². The van der Waals surface area contributed by atoms with Crippen LogP contribution in [0.25, 0.3) is 0 Å². The SMILES string of the molecule is N#[C][Ni-2]([C]#N)([C]#N)[C]#N.O.[K+].[K+]. The third-order valence-electron chi connectivity index (χ3n) is 0.424. The smallest absolute Gasteiger partial charge is 0.412 e. The maximum atomic E-state index is 8.10. The first-order valence-electron chi connectivity index (χ1n) is 1.53. The molecule has 0 heterocycles. The number of nitrogens with zero attached hydrogens (tertiary/aromatic N) is 4. The molecule has 0 unspecified atom stereocenters. The van der Waals surface area contributed by atoms with Crippen molar-refractivity contribution in [1.82, 2.24) is 0 Å². The van der Waals surface area contributed by atoms with Crippen molar-refractivity contribution < 1.29 is 121 Å². The summed E-state index contributed by atoms with van der Waals surface area (Å²) in [5, 5.41) is 37.9. The van der Waals surface area contributed by atoms with Crippen molar-refractivity contribution in [3.05, 3.63) is 0 Å². The predicted octanol–water partition coefficient (Wildman–Crippen LogP) is -6.75. The first-order chi connectivity index (χ1) is 4.24. The van der Waals surface area contributed by atoms with Gasteiger partial charge in [0.25, 0.3) is 0 Å². The van der Waals surface area contributed by atoms with E-state index in [9.17, 15) is 0 Å². The molecule has 5 nitrogen and oxygen atoms in total. The fourth-order valence-corrected chi connectivity index (χ4v) is 0.391. The van der Waals surface area contributed by atoms with Crippen LogP contribution < -0.4 is 103 Å². The van der Waals surface area contributed by atoms with Gasteiger partial charge in [-0.15, -0.1) is 0 Å². The molecule has 0 rings (SSSR count). The van der Waals surface area contributed by atoms with E-state index in [-0.39, 0.29) is 108 Å². The van der Waals surface area contributed by atoms with Crippen LogP contribution in [0.5, 0.6) is 0 Å². The Kier molecular flexibility index (Phi) is 24.8. The summed E-state index contributed by atoms with van der Waals surface area (Å²) in [7, 11) is 0. The second-order valence-corrected chi connectivity index (χ2v) is 3.12. The number of hydrogen-bond acceptors (Lipinski definition) is 4. The molecule has 0 fully saturated rings. The van der Waals surface area contributed by atoms with Crippen molar-refractivity contribution >= 4 is 0 Å². The van der Waals surface area contributed by atoms with E-state index >= 15 is 0 Å². The zero-order valence-corrected chi connectivity index (χ0v) is 13.8. The molecule has 0 saturated heterocycles. The van der Waals surface area contributed by atoms with E-state index in [0.29, 0.717) is 0 Å². The largest absolute Gasteiger partial charge is 1.00 e. The van der Waals surface area contributed by atoms with Gasteiger partial charge in [-0.2, -0.15) is 0 Å². The minimum atomic E-state index is -3.03. The minimum Gasteiger partial charge on any atom is -0.412 e. The summed E-state index contributed by atoms with van der Waals surface area (Å²) in [6.07, 6.45) is 0. The Balaban J connectivity index is -0.000000107. The Bertz CT molecular complexity index is 218. The molecule has 0 aliphatic rings. The Morgan fingerprint density at radius 1 is 0.667 bits per heavy atom. The number of hydrogen-bond donors (Lipinski definition) is 0. The molecule has 0 radical (unpaired) electrons. The van der Waals surface area contributed by atoms with Crippen LogP contribution in [0, 0.1) is 41.2 Å². The molecule has 2 N–H and O–H groups in total. The molecule has 0 bridgehead atoms. The van der Waals surface area contributed by atoms with Crippen LogP contribution in [0.15, 0.2) is 0 Å². The molecule has 12 heavy (non-hydrogen) atoms. The Morgan fingerprint density at radius 3 is 0.833 bits per heavy atom. The molecule has 0 aromatic carbocycles. The Labute approximate surface area is 158 Å². The third-order valence-corrected chi connectivity index (χ3v) is 1.75. The molecule has 0 spiro atoms. The minimum absolute atomic E-state index is 0. The van der Waals surface area contributed by atoms with E-state index in [2.05, 4.69) is 0 Å². The van der Waals surface area contributed by atoms with Gasteiger partial charge in [0.2, 0.25) is 0 Å². The Hall–Kier alpha value is 1.69. The molecular weight excluding hydrogens is 257 g/mol. The Morgan fingerprint density at radius 2 is 0.833 bits per heavy atom. The normalized spacial score (nSPS) is 7.00. The summed E-state index contributed by atoms with van der Waals surface area (Å²) >= 11 is -3.03. The summed E-state index contributed by atoms with van der Waals surface area (Å²) in [5.74, 6) is 0. The first-order valence-corrected chi connectivity index (χ1v) is 3.50. The number of nitriles is 4. The molecule has 0 amide bonds. The fraction of sp³-hybridized carbons (Fsp3) is 0. The average Bonchev–Trinajstić information content (AvgIpc) is 1.95. The van der Waals surface area contributed by atoms with Gasteiger partial charge in [-0.05, 0) is 0 Å². The maximum absolute atomic E-state index is 8.10. The summed E-state index contributed by atoms with van der Waals surface area (Å²) in [4.78, 5) is 0. The van der Waals surface area contributed by atoms with Gasteiger partial charge in [-0.3, -0.25) is 0 Å². The summed E-state index contributed by atoms with van der Waals surface area (Å²) in [5.41, 5.74) is 0. The zero-order chi connectivity index (χ0) is 7.33. The van der Waals surface area contributed by atoms with Crippen molar-refractivity contribution in [2.45, 2.75) is 0 Å². The topological polar surface area (TPSA) is 127 Å². The van der Waals surface area contributed by atoms with E-state index < -0.39 is 12.4 Å². The van der Waals surface area contributed by atoms with E-state index in [0.717, 1.165) is 0 Å². The van der Waals surface area contributed by atoms with Gasteiger partial charge in [0.1, 0.15) is 0 Å². The van der Waals surface area contributed by atoms with Crippen LogP contribution in [0.3, 0.4) is 0 Å². The van der Waals surface area contributed by atoms with Gasteiger partial charge in [-0.1, -0.05) is 0 Å². The van der Waals surface area contributed by atoms with E-state index in [1.165, 1.54) is 20.2 Å². The van der Waals surface area contributed by atoms with Gasteiger partial charge in [0.05, 0.1) is 0 Å². The van der Waals surface area contributed by atoms with Crippen molar-refractivity contribution in [2.75, 3.05) is 0 Å². The molecule has 0 aliphatic carbocycles. The van der Waals surface area contributed by atoms with Crippen LogP contribution in [-0.2, 0) is 12.4 Å². The molecule has 56 valence electrons. The van der Waals surface area contributed by atoms with Gasteiger partial charge in [0.15, 0.2) is 0 Å². The van der Waals surface area contributed by atoms with Crippen molar-refractivity contribution in [3.63, 3.8) is 0 Å². The van der Waals surface area contributed by atoms with Crippen LogP contribution in [0.1, 0.15) is 0 Å². The zero-order valence-electron chi connectivity index (χ0n) is 6.61. The van der Waals surface area contributed by atoms with Crippen molar-refractivity contribution in [2.24, 2.45) is 0 Å². The molecule has 0 saturated carbocycles. The molecule has 8 heteroatoms. The van der Waals surface area contributed by atoms with Gasteiger partial charge in [0, 0.05) is 0 Å².